The molecule has 0 saturated carbocycles. The van der Waals surface area contributed by atoms with Gasteiger partial charge in [-0.3, -0.25) is 9.69 Å². The summed E-state index contributed by atoms with van der Waals surface area (Å²) in [6.07, 6.45) is 2.55. The van der Waals surface area contributed by atoms with Crippen LogP contribution in [0.1, 0.15) is 32.5 Å². The lowest BCUT2D eigenvalue weighted by atomic mass is 9.99. The fraction of sp³-hybridized carbons (Fsp3) is 0.529. The number of aromatic nitrogens is 2. The number of benzene rings is 1. The highest BCUT2D eigenvalue weighted by atomic mass is 16.1. The van der Waals surface area contributed by atoms with Crippen molar-refractivity contribution in [3.63, 3.8) is 0 Å². The monoisotopic (exact) mass is 300 g/mol. The first-order chi connectivity index (χ1) is 10.5. The van der Waals surface area contributed by atoms with Crippen LogP contribution in [0.3, 0.4) is 0 Å². The average molecular weight is 300 g/mol. The highest BCUT2D eigenvalue weighted by Gasteiger charge is 2.18. The fourth-order valence-electron chi connectivity index (χ4n) is 3.09. The number of imidazole rings is 1. The van der Waals surface area contributed by atoms with Gasteiger partial charge < -0.3 is 9.88 Å². The van der Waals surface area contributed by atoms with Gasteiger partial charge in [-0.05, 0) is 50.0 Å². The van der Waals surface area contributed by atoms with Crippen molar-refractivity contribution in [2.75, 3.05) is 18.4 Å². The standard InChI is InChI=1S/C17H24N4O/c1-12-6-8-21(9-7-12)11-17-19-15-10-14(18-13(2)22)4-5-16(15)20(17)3/h4-5,10,12H,6-9,11H2,1-3H3,(H,18,22). The molecule has 3 rings (SSSR count). The smallest absolute Gasteiger partial charge is 0.221 e. The summed E-state index contributed by atoms with van der Waals surface area (Å²) in [6, 6.07) is 5.89. The molecule has 2 aromatic rings. The molecule has 0 unspecified atom stereocenters. The molecule has 0 radical (unpaired) electrons. The molecule has 22 heavy (non-hydrogen) atoms. The van der Waals surface area contributed by atoms with Gasteiger partial charge in [0.15, 0.2) is 0 Å². The van der Waals surface area contributed by atoms with E-state index in [1.807, 2.05) is 18.2 Å². The number of hydrogen-bond acceptors (Lipinski definition) is 3. The number of carbonyl (C=O) groups is 1. The zero-order chi connectivity index (χ0) is 15.7. The molecule has 1 saturated heterocycles. The maximum absolute atomic E-state index is 11.2. The number of anilines is 1. The maximum Gasteiger partial charge on any atom is 0.221 e. The molecular weight excluding hydrogens is 276 g/mol. The lowest BCUT2D eigenvalue weighted by molar-refractivity contribution is -0.114. The van der Waals surface area contributed by atoms with E-state index in [-0.39, 0.29) is 5.91 Å². The SMILES string of the molecule is CC(=O)Nc1ccc2c(c1)nc(CN1CCC(C)CC1)n2C. The molecule has 2 heterocycles. The lowest BCUT2D eigenvalue weighted by Crippen LogP contribution is -2.33. The van der Waals surface area contributed by atoms with Gasteiger partial charge in [0.05, 0.1) is 17.6 Å². The Balaban J connectivity index is 1.81. The highest BCUT2D eigenvalue weighted by Crippen LogP contribution is 2.22. The van der Waals surface area contributed by atoms with Gasteiger partial charge in [0, 0.05) is 19.7 Å². The van der Waals surface area contributed by atoms with Gasteiger partial charge in [-0.15, -0.1) is 0 Å². The first kappa shape index (κ1) is 15.0. The average Bonchev–Trinajstić information content (AvgIpc) is 2.77. The summed E-state index contributed by atoms with van der Waals surface area (Å²) >= 11 is 0. The number of fused-ring (bicyclic) bond motifs is 1. The van der Waals surface area contributed by atoms with E-state index in [1.165, 1.54) is 19.8 Å². The Morgan fingerprint density at radius 3 is 2.77 bits per heavy atom. The normalized spacial score (nSPS) is 17.0. The van der Waals surface area contributed by atoms with Gasteiger partial charge >= 0.3 is 0 Å². The minimum Gasteiger partial charge on any atom is -0.330 e. The van der Waals surface area contributed by atoms with Crippen LogP contribution in [0.4, 0.5) is 5.69 Å². The van der Waals surface area contributed by atoms with Crippen LogP contribution >= 0.6 is 0 Å². The number of hydrogen-bond donors (Lipinski definition) is 1. The van der Waals surface area contributed by atoms with Crippen LogP contribution < -0.4 is 5.32 Å². The van der Waals surface area contributed by atoms with E-state index >= 15 is 0 Å². The van der Waals surface area contributed by atoms with Crippen molar-refractivity contribution in [3.05, 3.63) is 24.0 Å². The molecule has 1 aliphatic heterocycles. The number of piperidine rings is 1. The number of nitrogens with one attached hydrogen (secondary N) is 1. The summed E-state index contributed by atoms with van der Waals surface area (Å²) in [4.78, 5) is 18.4. The van der Waals surface area contributed by atoms with Gasteiger partial charge in [-0.25, -0.2) is 4.98 Å². The molecule has 0 aliphatic carbocycles. The number of carbonyl (C=O) groups excluding carboxylic acids is 1. The summed E-state index contributed by atoms with van der Waals surface area (Å²) in [5.74, 6) is 1.87. The van der Waals surface area contributed by atoms with Crippen LogP contribution in [-0.4, -0.2) is 33.4 Å². The van der Waals surface area contributed by atoms with Crippen LogP contribution in [0.25, 0.3) is 11.0 Å². The Kier molecular flexibility index (Phi) is 4.16. The summed E-state index contributed by atoms with van der Waals surface area (Å²) < 4.78 is 2.16. The van der Waals surface area contributed by atoms with E-state index in [9.17, 15) is 4.79 Å². The van der Waals surface area contributed by atoms with Crippen LogP contribution in [0.2, 0.25) is 0 Å². The van der Waals surface area contributed by atoms with Crippen molar-refractivity contribution in [1.29, 1.82) is 0 Å². The second kappa shape index (κ2) is 6.08. The Morgan fingerprint density at radius 2 is 2.09 bits per heavy atom. The van der Waals surface area contributed by atoms with Gasteiger partial charge in [-0.2, -0.15) is 0 Å². The molecule has 5 nitrogen and oxygen atoms in total. The number of likely N-dealkylation sites (tertiary alicyclic amines) is 1. The molecule has 0 bridgehead atoms. The van der Waals surface area contributed by atoms with Gasteiger partial charge in [0.1, 0.15) is 5.82 Å². The van der Waals surface area contributed by atoms with Crippen LogP contribution in [0.5, 0.6) is 0 Å². The molecular formula is C17H24N4O. The molecule has 1 N–H and O–H groups in total. The summed E-state index contributed by atoms with van der Waals surface area (Å²) in [5.41, 5.74) is 2.85. The molecule has 1 aliphatic rings. The molecule has 1 aromatic carbocycles. The third-order valence-electron chi connectivity index (χ3n) is 4.54. The Labute approximate surface area is 131 Å². The van der Waals surface area contributed by atoms with Gasteiger partial charge in [-0.1, -0.05) is 6.92 Å². The summed E-state index contributed by atoms with van der Waals surface area (Å²) in [5, 5.41) is 2.81. The molecule has 0 spiro atoms. The third kappa shape index (κ3) is 3.14. The molecule has 1 aromatic heterocycles. The zero-order valence-electron chi connectivity index (χ0n) is 13.6. The Morgan fingerprint density at radius 1 is 1.36 bits per heavy atom. The second-order valence-corrected chi connectivity index (χ2v) is 6.43. The van der Waals surface area contributed by atoms with Crippen molar-refractivity contribution in [2.24, 2.45) is 13.0 Å². The quantitative estimate of drug-likeness (QED) is 0.948. The van der Waals surface area contributed by atoms with Crippen molar-refractivity contribution >= 4 is 22.6 Å². The number of aryl methyl sites for hydroxylation is 1. The fourth-order valence-corrected chi connectivity index (χ4v) is 3.09. The topological polar surface area (TPSA) is 50.2 Å². The minimum atomic E-state index is -0.0575. The van der Waals surface area contributed by atoms with Crippen LogP contribution in [0, 0.1) is 5.92 Å². The molecule has 1 fully saturated rings. The summed E-state index contributed by atoms with van der Waals surface area (Å²) in [7, 11) is 2.06. The zero-order valence-corrected chi connectivity index (χ0v) is 13.6. The number of nitrogens with zero attached hydrogens (tertiary/aromatic N) is 3. The van der Waals surface area contributed by atoms with Gasteiger partial charge in [0.2, 0.25) is 5.91 Å². The number of amides is 1. The van der Waals surface area contributed by atoms with Crippen molar-refractivity contribution in [1.82, 2.24) is 14.5 Å². The molecule has 5 heteroatoms. The second-order valence-electron chi connectivity index (χ2n) is 6.43. The van der Waals surface area contributed by atoms with Crippen molar-refractivity contribution in [3.8, 4) is 0 Å². The van der Waals surface area contributed by atoms with E-state index < -0.39 is 0 Å². The number of rotatable bonds is 3. The Hall–Kier alpha value is -1.88. The molecule has 1 amide bonds. The van der Waals surface area contributed by atoms with E-state index in [2.05, 4.69) is 28.8 Å². The predicted molar refractivity (Wildman–Crippen MR) is 88.7 cm³/mol. The van der Waals surface area contributed by atoms with Crippen LogP contribution in [0.15, 0.2) is 18.2 Å². The minimum absolute atomic E-state index is 0.0575. The molecule has 0 atom stereocenters. The predicted octanol–water partition coefficient (Wildman–Crippen LogP) is 2.76. The van der Waals surface area contributed by atoms with Crippen LogP contribution in [-0.2, 0) is 18.4 Å². The van der Waals surface area contributed by atoms with E-state index in [0.29, 0.717) is 0 Å². The Bertz CT molecular complexity index is 683. The van der Waals surface area contributed by atoms with Crippen molar-refractivity contribution in [2.45, 2.75) is 33.2 Å². The third-order valence-corrected chi connectivity index (χ3v) is 4.54. The van der Waals surface area contributed by atoms with E-state index in [1.54, 1.807) is 0 Å². The maximum atomic E-state index is 11.2. The van der Waals surface area contributed by atoms with E-state index in [4.69, 9.17) is 4.98 Å². The van der Waals surface area contributed by atoms with Gasteiger partial charge in [0.25, 0.3) is 0 Å². The summed E-state index contributed by atoms with van der Waals surface area (Å²) in [6.45, 7) is 7.05. The molecule has 118 valence electrons. The largest absolute Gasteiger partial charge is 0.330 e. The first-order valence-corrected chi connectivity index (χ1v) is 7.98. The first-order valence-electron chi connectivity index (χ1n) is 7.98. The van der Waals surface area contributed by atoms with Crippen molar-refractivity contribution < 1.29 is 4.79 Å². The van der Waals surface area contributed by atoms with E-state index in [0.717, 1.165) is 48.1 Å². The lowest BCUT2D eigenvalue weighted by Gasteiger charge is -2.29. The highest BCUT2D eigenvalue weighted by molar-refractivity contribution is 5.91.